The number of nitrogens with two attached hydrogens (primary N) is 1. The first-order valence-corrected chi connectivity index (χ1v) is 9.32. The van der Waals surface area contributed by atoms with Gasteiger partial charge in [0.15, 0.2) is 0 Å². The Kier molecular flexibility index (Phi) is 5.29. The van der Waals surface area contributed by atoms with Gasteiger partial charge in [0, 0.05) is 28.7 Å². The monoisotopic (exact) mass is 376 g/mol. The van der Waals surface area contributed by atoms with E-state index in [1.165, 1.54) is 12.1 Å². The second-order valence-corrected chi connectivity index (χ2v) is 8.35. The summed E-state index contributed by atoms with van der Waals surface area (Å²) in [4.78, 5) is 0.174. The van der Waals surface area contributed by atoms with Crippen molar-refractivity contribution < 1.29 is 13.5 Å². The third-order valence-electron chi connectivity index (χ3n) is 4.17. The molecule has 0 amide bonds. The Morgan fingerprint density at radius 3 is 2.52 bits per heavy atom. The van der Waals surface area contributed by atoms with Crippen LogP contribution in [0.4, 0.5) is 5.69 Å². The Hall–Kier alpha value is -0.630. The predicted octanol–water partition coefficient (Wildman–Crippen LogP) is 2.25. The molecular formula is C14H21BrN2O3S. The Labute approximate surface area is 134 Å². The molecule has 5 nitrogen and oxygen atoms in total. The molecule has 1 saturated carbocycles. The minimum absolute atomic E-state index is 0.0148. The Morgan fingerprint density at radius 1 is 1.29 bits per heavy atom. The van der Waals surface area contributed by atoms with Crippen molar-refractivity contribution in [3.05, 3.63) is 22.7 Å². The van der Waals surface area contributed by atoms with Crippen LogP contribution in [0.25, 0.3) is 0 Å². The maximum absolute atomic E-state index is 12.3. The lowest BCUT2D eigenvalue weighted by molar-refractivity contribution is 0.0867. The molecule has 0 unspecified atom stereocenters. The zero-order valence-corrected chi connectivity index (χ0v) is 14.2. The Morgan fingerprint density at radius 2 is 1.95 bits per heavy atom. The largest absolute Gasteiger partial charge is 0.398 e. The van der Waals surface area contributed by atoms with E-state index in [1.807, 2.05) is 0 Å². The molecular weight excluding hydrogens is 356 g/mol. The standard InChI is InChI=1S/C14H21BrN2O3S/c15-12-8-11(4-5-13(12)16)21(19,20)17-9-14(10-18)6-2-1-3-7-14/h4-5,8,17-18H,1-3,6-7,9-10,16H2. The molecule has 0 aliphatic heterocycles. The average Bonchev–Trinajstić information content (AvgIpc) is 2.49. The van der Waals surface area contributed by atoms with Gasteiger partial charge in [-0.1, -0.05) is 19.3 Å². The number of aliphatic hydroxyl groups excluding tert-OH is 1. The fourth-order valence-corrected chi connectivity index (χ4v) is 4.41. The van der Waals surface area contributed by atoms with Gasteiger partial charge in [-0.15, -0.1) is 0 Å². The summed E-state index contributed by atoms with van der Waals surface area (Å²) in [6, 6.07) is 4.53. The summed E-state index contributed by atoms with van der Waals surface area (Å²) >= 11 is 3.23. The van der Waals surface area contributed by atoms with E-state index < -0.39 is 10.0 Å². The highest BCUT2D eigenvalue weighted by Gasteiger charge is 2.32. The first-order chi connectivity index (χ1) is 9.88. The van der Waals surface area contributed by atoms with Crippen molar-refractivity contribution in [3.63, 3.8) is 0 Å². The maximum Gasteiger partial charge on any atom is 0.240 e. The summed E-state index contributed by atoms with van der Waals surface area (Å²) in [5, 5.41) is 9.63. The van der Waals surface area contributed by atoms with Crippen LogP contribution in [0.1, 0.15) is 32.1 Å². The summed E-state index contributed by atoms with van der Waals surface area (Å²) in [5.74, 6) is 0. The number of benzene rings is 1. The summed E-state index contributed by atoms with van der Waals surface area (Å²) in [7, 11) is -3.59. The molecule has 21 heavy (non-hydrogen) atoms. The number of hydrogen-bond donors (Lipinski definition) is 3. The van der Waals surface area contributed by atoms with Crippen molar-refractivity contribution >= 4 is 31.6 Å². The molecule has 1 aromatic carbocycles. The molecule has 0 aromatic heterocycles. The minimum Gasteiger partial charge on any atom is -0.398 e. The van der Waals surface area contributed by atoms with E-state index >= 15 is 0 Å². The first kappa shape index (κ1) is 16.7. The quantitative estimate of drug-likeness (QED) is 0.687. The SMILES string of the molecule is Nc1ccc(S(=O)(=O)NCC2(CO)CCCCC2)cc1Br. The average molecular weight is 377 g/mol. The minimum atomic E-state index is -3.59. The van der Waals surface area contributed by atoms with Crippen molar-refractivity contribution in [2.75, 3.05) is 18.9 Å². The van der Waals surface area contributed by atoms with Gasteiger partial charge >= 0.3 is 0 Å². The second-order valence-electron chi connectivity index (χ2n) is 5.73. The molecule has 118 valence electrons. The van der Waals surface area contributed by atoms with Crippen LogP contribution >= 0.6 is 15.9 Å². The molecule has 1 aliphatic rings. The molecule has 0 saturated heterocycles. The number of nitrogen functional groups attached to an aromatic ring is 1. The number of aliphatic hydroxyl groups is 1. The van der Waals surface area contributed by atoms with E-state index in [-0.39, 0.29) is 23.5 Å². The molecule has 2 rings (SSSR count). The number of rotatable bonds is 5. The van der Waals surface area contributed by atoms with Gasteiger partial charge < -0.3 is 10.8 Å². The van der Waals surface area contributed by atoms with Crippen LogP contribution in [-0.4, -0.2) is 26.7 Å². The third-order valence-corrected chi connectivity index (χ3v) is 6.25. The molecule has 0 spiro atoms. The molecule has 1 aromatic rings. The highest BCUT2D eigenvalue weighted by Crippen LogP contribution is 2.35. The highest BCUT2D eigenvalue weighted by molar-refractivity contribution is 9.10. The van der Waals surface area contributed by atoms with Gasteiger partial charge in [-0.25, -0.2) is 13.1 Å². The van der Waals surface area contributed by atoms with Crippen molar-refractivity contribution in [2.24, 2.45) is 5.41 Å². The topological polar surface area (TPSA) is 92.4 Å². The Balaban J connectivity index is 2.11. The van der Waals surface area contributed by atoms with E-state index in [1.54, 1.807) is 6.07 Å². The van der Waals surface area contributed by atoms with E-state index in [0.717, 1.165) is 32.1 Å². The van der Waals surface area contributed by atoms with Crippen LogP contribution in [0.15, 0.2) is 27.6 Å². The van der Waals surface area contributed by atoms with Crippen LogP contribution in [0, 0.1) is 5.41 Å². The van der Waals surface area contributed by atoms with Gasteiger partial charge in [-0.05, 0) is 47.0 Å². The van der Waals surface area contributed by atoms with Crippen molar-refractivity contribution in [3.8, 4) is 0 Å². The third kappa shape index (κ3) is 3.97. The summed E-state index contributed by atoms with van der Waals surface area (Å²) in [5.41, 5.74) is 5.84. The van der Waals surface area contributed by atoms with E-state index in [2.05, 4.69) is 20.7 Å². The normalized spacial score (nSPS) is 18.6. The summed E-state index contributed by atoms with van der Waals surface area (Å²) in [6.45, 7) is 0.286. The predicted molar refractivity (Wildman–Crippen MR) is 86.3 cm³/mol. The molecule has 0 heterocycles. The van der Waals surface area contributed by atoms with Crippen LogP contribution in [0.5, 0.6) is 0 Å². The number of nitrogens with one attached hydrogen (secondary N) is 1. The van der Waals surface area contributed by atoms with E-state index in [4.69, 9.17) is 5.73 Å². The molecule has 1 fully saturated rings. The van der Waals surface area contributed by atoms with Gasteiger partial charge in [-0.2, -0.15) is 0 Å². The lowest BCUT2D eigenvalue weighted by Gasteiger charge is -2.35. The second kappa shape index (κ2) is 6.64. The number of halogens is 1. The number of hydrogen-bond acceptors (Lipinski definition) is 4. The zero-order chi connectivity index (χ0) is 15.5. The van der Waals surface area contributed by atoms with E-state index in [0.29, 0.717) is 10.2 Å². The molecule has 7 heteroatoms. The summed E-state index contributed by atoms with van der Waals surface area (Å²) < 4.78 is 27.9. The van der Waals surface area contributed by atoms with Gasteiger partial charge in [0.2, 0.25) is 10.0 Å². The number of sulfonamides is 1. The van der Waals surface area contributed by atoms with E-state index in [9.17, 15) is 13.5 Å². The zero-order valence-electron chi connectivity index (χ0n) is 11.8. The molecule has 0 radical (unpaired) electrons. The fraction of sp³-hybridized carbons (Fsp3) is 0.571. The van der Waals surface area contributed by atoms with Gasteiger partial charge in [0.1, 0.15) is 0 Å². The lowest BCUT2D eigenvalue weighted by Crippen LogP contribution is -2.41. The van der Waals surface area contributed by atoms with Crippen molar-refractivity contribution in [2.45, 2.75) is 37.0 Å². The van der Waals surface area contributed by atoms with Crippen LogP contribution < -0.4 is 10.5 Å². The van der Waals surface area contributed by atoms with Gasteiger partial charge in [-0.3, -0.25) is 0 Å². The van der Waals surface area contributed by atoms with Crippen LogP contribution in [0.3, 0.4) is 0 Å². The van der Waals surface area contributed by atoms with Crippen LogP contribution in [0.2, 0.25) is 0 Å². The molecule has 0 atom stereocenters. The van der Waals surface area contributed by atoms with Gasteiger partial charge in [0.05, 0.1) is 4.90 Å². The lowest BCUT2D eigenvalue weighted by atomic mass is 9.75. The highest BCUT2D eigenvalue weighted by atomic mass is 79.9. The van der Waals surface area contributed by atoms with Crippen LogP contribution in [-0.2, 0) is 10.0 Å². The van der Waals surface area contributed by atoms with Crippen molar-refractivity contribution in [1.29, 1.82) is 0 Å². The van der Waals surface area contributed by atoms with Crippen molar-refractivity contribution in [1.82, 2.24) is 4.72 Å². The molecule has 1 aliphatic carbocycles. The van der Waals surface area contributed by atoms with Gasteiger partial charge in [0.25, 0.3) is 0 Å². The number of anilines is 1. The first-order valence-electron chi connectivity index (χ1n) is 7.04. The molecule has 0 bridgehead atoms. The smallest absolute Gasteiger partial charge is 0.240 e. The Bertz CT molecular complexity index is 598. The summed E-state index contributed by atoms with van der Waals surface area (Å²) in [6.07, 6.45) is 4.94. The fourth-order valence-electron chi connectivity index (χ4n) is 2.70. The molecule has 4 N–H and O–H groups in total. The maximum atomic E-state index is 12.3.